The van der Waals surface area contributed by atoms with E-state index in [1.165, 1.54) is 80.2 Å². The van der Waals surface area contributed by atoms with Crippen molar-refractivity contribution < 1.29 is 4.74 Å². The van der Waals surface area contributed by atoms with Crippen LogP contribution in [0.2, 0.25) is 0 Å². The lowest BCUT2D eigenvalue weighted by Crippen LogP contribution is -2.10. The van der Waals surface area contributed by atoms with Crippen LogP contribution < -0.4 is 4.74 Å². The first-order valence-corrected chi connectivity index (χ1v) is 13.7. The molecule has 37 heavy (non-hydrogen) atoms. The second-order valence-corrected chi connectivity index (χ2v) is 12.6. The lowest BCUT2D eigenvalue weighted by atomic mass is 9.86. The van der Waals surface area contributed by atoms with Crippen LogP contribution in [0.3, 0.4) is 0 Å². The molecule has 0 N–H and O–H groups in total. The number of fused-ring (bicyclic) bond motifs is 10. The van der Waals surface area contributed by atoms with Gasteiger partial charge < -0.3 is 9.14 Å². The van der Waals surface area contributed by atoms with Crippen LogP contribution in [0.15, 0.2) is 72.8 Å². The van der Waals surface area contributed by atoms with Crippen LogP contribution in [0.4, 0.5) is 0 Å². The van der Waals surface area contributed by atoms with Gasteiger partial charge in [0, 0.05) is 36.3 Å². The maximum atomic E-state index is 5.91. The second kappa shape index (κ2) is 6.93. The molecule has 0 saturated carbocycles. The topological polar surface area (TPSA) is 13.6 Å². The highest BCUT2D eigenvalue weighted by Crippen LogP contribution is 2.46. The molecule has 5 aromatic carbocycles. The molecule has 0 fully saturated rings. The average molecular weight is 498 g/mol. The summed E-state index contributed by atoms with van der Waals surface area (Å²) in [6.07, 6.45) is 0. The molecular formula is C34H27NOS. The van der Waals surface area contributed by atoms with E-state index in [-0.39, 0.29) is 5.41 Å². The number of rotatable bonds is 1. The van der Waals surface area contributed by atoms with Crippen molar-refractivity contribution in [2.24, 2.45) is 0 Å². The highest BCUT2D eigenvalue weighted by molar-refractivity contribution is 7.25. The maximum absolute atomic E-state index is 5.91. The van der Waals surface area contributed by atoms with Crippen molar-refractivity contribution in [1.29, 1.82) is 0 Å². The number of ether oxygens (including phenoxy) is 1. The Morgan fingerprint density at radius 3 is 2.27 bits per heavy atom. The summed E-state index contributed by atoms with van der Waals surface area (Å²) in [4.78, 5) is 0. The smallest absolute Gasteiger partial charge is 0.128 e. The van der Waals surface area contributed by atoms with Gasteiger partial charge in [-0.05, 0) is 89.3 Å². The van der Waals surface area contributed by atoms with E-state index in [0.717, 1.165) is 5.75 Å². The highest BCUT2D eigenvalue weighted by Gasteiger charge is 2.23. The number of benzene rings is 5. The van der Waals surface area contributed by atoms with Gasteiger partial charge in [-0.1, -0.05) is 38.5 Å². The van der Waals surface area contributed by atoms with Crippen LogP contribution in [0.25, 0.3) is 69.0 Å². The van der Waals surface area contributed by atoms with Gasteiger partial charge in [0.05, 0.1) is 29.0 Å². The molecule has 3 heteroatoms. The molecule has 8 rings (SSSR count). The molecule has 8 aromatic rings. The van der Waals surface area contributed by atoms with Gasteiger partial charge >= 0.3 is 0 Å². The minimum Gasteiger partial charge on any atom is -0.496 e. The molecule has 180 valence electrons. The largest absolute Gasteiger partial charge is 0.496 e. The molecule has 0 radical (unpaired) electrons. The molecule has 0 aliphatic heterocycles. The molecule has 0 atom stereocenters. The van der Waals surface area contributed by atoms with Crippen molar-refractivity contribution >= 4 is 80.4 Å². The van der Waals surface area contributed by atoms with Gasteiger partial charge in [0.1, 0.15) is 5.75 Å². The Kier molecular flexibility index (Phi) is 3.99. The monoisotopic (exact) mass is 497 g/mol. The fraction of sp³-hybridized carbons (Fsp3) is 0.176. The summed E-state index contributed by atoms with van der Waals surface area (Å²) in [7, 11) is 1.78. The summed E-state index contributed by atoms with van der Waals surface area (Å²) < 4.78 is 11.1. The standard InChI is InChI=1S/C34H27NOS/c1-18-6-11-30-24(12-18)25-14-19-15-28-23(13-20(19)16-31(25)37-30)22-8-10-29(36-5)32-26-17-21(34(2,3)4)7-9-27(26)35(28)33(22)32/h6-17H,1-5H3. The Labute approximate surface area is 219 Å². The van der Waals surface area contributed by atoms with Gasteiger partial charge in [0.2, 0.25) is 0 Å². The van der Waals surface area contributed by atoms with Crippen LogP contribution in [-0.4, -0.2) is 11.5 Å². The van der Waals surface area contributed by atoms with Gasteiger partial charge in [-0.15, -0.1) is 11.3 Å². The Balaban J connectivity index is 1.55. The van der Waals surface area contributed by atoms with Crippen molar-refractivity contribution in [2.75, 3.05) is 7.11 Å². The van der Waals surface area contributed by atoms with Crippen LogP contribution in [0, 0.1) is 6.92 Å². The third-order valence-corrected chi connectivity index (χ3v) is 9.32. The van der Waals surface area contributed by atoms with Gasteiger partial charge in [0.25, 0.3) is 0 Å². The predicted molar refractivity (Wildman–Crippen MR) is 161 cm³/mol. The number of aromatic nitrogens is 1. The lowest BCUT2D eigenvalue weighted by molar-refractivity contribution is 0.420. The molecule has 0 spiro atoms. The van der Waals surface area contributed by atoms with Gasteiger partial charge in [-0.3, -0.25) is 0 Å². The zero-order valence-corrected chi connectivity index (χ0v) is 22.5. The Bertz CT molecular complexity index is 2220. The summed E-state index contributed by atoms with van der Waals surface area (Å²) >= 11 is 1.89. The molecular weight excluding hydrogens is 470 g/mol. The molecule has 0 aliphatic rings. The zero-order chi connectivity index (χ0) is 25.2. The van der Waals surface area contributed by atoms with Crippen LogP contribution in [0.1, 0.15) is 31.9 Å². The second-order valence-electron chi connectivity index (χ2n) is 11.5. The third-order valence-electron chi connectivity index (χ3n) is 8.19. The molecule has 3 aromatic heterocycles. The maximum Gasteiger partial charge on any atom is 0.128 e. The normalized spacial score (nSPS) is 13.0. The van der Waals surface area contributed by atoms with Crippen molar-refractivity contribution in [3.8, 4) is 5.75 Å². The molecule has 0 aliphatic carbocycles. The number of aryl methyl sites for hydroxylation is 1. The van der Waals surface area contributed by atoms with E-state index in [1.807, 2.05) is 11.3 Å². The molecule has 0 amide bonds. The van der Waals surface area contributed by atoms with E-state index in [0.29, 0.717) is 0 Å². The minimum atomic E-state index is 0.0821. The quantitative estimate of drug-likeness (QED) is 0.220. The summed E-state index contributed by atoms with van der Waals surface area (Å²) in [6.45, 7) is 9.01. The fourth-order valence-corrected chi connectivity index (χ4v) is 7.41. The molecule has 0 bridgehead atoms. The Morgan fingerprint density at radius 1 is 0.676 bits per heavy atom. The molecule has 2 nitrogen and oxygen atoms in total. The van der Waals surface area contributed by atoms with Crippen molar-refractivity contribution in [3.63, 3.8) is 0 Å². The predicted octanol–water partition coefficient (Wildman–Crippen LogP) is 9.97. The van der Waals surface area contributed by atoms with E-state index < -0.39 is 0 Å². The van der Waals surface area contributed by atoms with E-state index in [9.17, 15) is 0 Å². The highest BCUT2D eigenvalue weighted by atomic mass is 32.1. The van der Waals surface area contributed by atoms with Crippen LogP contribution in [0.5, 0.6) is 5.75 Å². The first-order valence-electron chi connectivity index (χ1n) is 12.9. The summed E-state index contributed by atoms with van der Waals surface area (Å²) in [6, 6.07) is 27.7. The average Bonchev–Trinajstić information content (AvgIpc) is 3.51. The van der Waals surface area contributed by atoms with E-state index >= 15 is 0 Å². The van der Waals surface area contributed by atoms with Crippen LogP contribution >= 0.6 is 11.3 Å². The SMILES string of the molecule is COc1ccc2c3cc4cc5sc6ccc(C)cc6c5cc4cc3n3c4ccc(C(C)(C)C)cc4c1c23. The molecule has 3 heterocycles. The van der Waals surface area contributed by atoms with Crippen molar-refractivity contribution in [3.05, 3.63) is 83.9 Å². The van der Waals surface area contributed by atoms with E-state index in [4.69, 9.17) is 4.74 Å². The minimum absolute atomic E-state index is 0.0821. The summed E-state index contributed by atoms with van der Waals surface area (Å²) in [5.41, 5.74) is 6.49. The number of thiophene rings is 1. The van der Waals surface area contributed by atoms with E-state index in [2.05, 4.69) is 105 Å². The van der Waals surface area contributed by atoms with Gasteiger partial charge in [-0.25, -0.2) is 0 Å². The Hall–Kier alpha value is -3.82. The lowest BCUT2D eigenvalue weighted by Gasteiger charge is -2.19. The number of hydrogen-bond acceptors (Lipinski definition) is 2. The van der Waals surface area contributed by atoms with E-state index in [1.54, 1.807) is 7.11 Å². The fourth-order valence-electron chi connectivity index (χ4n) is 6.30. The summed E-state index contributed by atoms with van der Waals surface area (Å²) in [5.74, 6) is 0.938. The number of nitrogens with zero attached hydrogens (tertiary/aromatic N) is 1. The number of methoxy groups -OCH3 is 1. The third kappa shape index (κ3) is 2.75. The van der Waals surface area contributed by atoms with Crippen molar-refractivity contribution in [1.82, 2.24) is 4.40 Å². The van der Waals surface area contributed by atoms with Crippen LogP contribution in [-0.2, 0) is 5.41 Å². The van der Waals surface area contributed by atoms with Gasteiger partial charge in [0.15, 0.2) is 0 Å². The zero-order valence-electron chi connectivity index (χ0n) is 21.7. The van der Waals surface area contributed by atoms with Gasteiger partial charge in [-0.2, -0.15) is 0 Å². The Morgan fingerprint density at radius 2 is 1.46 bits per heavy atom. The molecule has 0 unspecified atom stereocenters. The first kappa shape index (κ1) is 21.3. The summed E-state index contributed by atoms with van der Waals surface area (Å²) in [5, 5.41) is 10.4. The van der Waals surface area contributed by atoms with Crippen molar-refractivity contribution in [2.45, 2.75) is 33.1 Å². The first-order chi connectivity index (χ1) is 17.8. The number of hydrogen-bond donors (Lipinski definition) is 0. The molecule has 0 saturated heterocycles.